The largest absolute Gasteiger partial charge is 0.419 e. The topological polar surface area (TPSA) is 59.2 Å². The lowest BCUT2D eigenvalue weighted by atomic mass is 10.1. The quantitative estimate of drug-likeness (QED) is 0.725. The number of carbonyl (C=O) groups is 1. The van der Waals surface area contributed by atoms with Crippen LogP contribution < -0.4 is 0 Å². The van der Waals surface area contributed by atoms with Gasteiger partial charge in [0.2, 0.25) is 11.8 Å². The van der Waals surface area contributed by atoms with Crippen LogP contribution in [0.5, 0.6) is 0 Å². The molecule has 0 unspecified atom stereocenters. The molecular weight excluding hydrogens is 314 g/mol. The van der Waals surface area contributed by atoms with Crippen molar-refractivity contribution in [3.8, 4) is 11.5 Å². The van der Waals surface area contributed by atoms with Gasteiger partial charge in [-0.2, -0.15) is 0 Å². The first-order valence-electron chi connectivity index (χ1n) is 8.15. The lowest BCUT2D eigenvalue weighted by Gasteiger charge is -2.15. The Morgan fingerprint density at radius 1 is 0.960 bits per heavy atom. The molecule has 1 amide bonds. The average Bonchev–Trinajstić information content (AvgIpc) is 3.02. The summed E-state index contributed by atoms with van der Waals surface area (Å²) in [4.78, 5) is 14.2. The minimum absolute atomic E-state index is 0.0677. The number of amides is 1. The van der Waals surface area contributed by atoms with Crippen molar-refractivity contribution in [3.05, 3.63) is 70.6 Å². The molecule has 0 spiro atoms. The zero-order valence-electron chi connectivity index (χ0n) is 14.9. The molecule has 0 saturated heterocycles. The lowest BCUT2D eigenvalue weighted by Crippen LogP contribution is -2.26. The highest BCUT2D eigenvalue weighted by molar-refractivity contribution is 5.94. The second kappa shape index (κ2) is 6.89. The molecule has 0 N–H and O–H groups in total. The van der Waals surface area contributed by atoms with Crippen molar-refractivity contribution in [1.29, 1.82) is 0 Å². The van der Waals surface area contributed by atoms with Crippen molar-refractivity contribution in [3.63, 3.8) is 0 Å². The molecule has 0 aliphatic rings. The molecule has 3 rings (SSSR count). The van der Waals surface area contributed by atoms with Crippen LogP contribution in [-0.2, 0) is 6.54 Å². The summed E-state index contributed by atoms with van der Waals surface area (Å²) < 4.78 is 5.70. The zero-order valence-corrected chi connectivity index (χ0v) is 14.9. The third-order valence-electron chi connectivity index (χ3n) is 3.95. The number of carbonyl (C=O) groups excluding carboxylic acids is 1. The Morgan fingerprint density at radius 2 is 1.60 bits per heavy atom. The van der Waals surface area contributed by atoms with E-state index in [0.29, 0.717) is 17.3 Å². The molecular formula is C20H21N3O2. The fourth-order valence-corrected chi connectivity index (χ4v) is 2.72. The smallest absolute Gasteiger partial charge is 0.254 e. The maximum Gasteiger partial charge on any atom is 0.254 e. The molecule has 25 heavy (non-hydrogen) atoms. The van der Waals surface area contributed by atoms with E-state index in [1.54, 1.807) is 11.9 Å². The summed E-state index contributed by atoms with van der Waals surface area (Å²) in [7, 11) is 1.73. The Bertz CT molecular complexity index is 877. The first-order valence-corrected chi connectivity index (χ1v) is 8.15. The standard InChI is InChI=1S/C20H21N3O2/c1-13-5-7-16(8-6-13)19-22-21-18(25-19)12-23(4)20(24)17-10-14(2)9-15(3)11-17/h5-11H,12H2,1-4H3. The molecule has 0 aliphatic heterocycles. The van der Waals surface area contributed by atoms with Crippen LogP contribution in [0.1, 0.15) is 32.9 Å². The zero-order chi connectivity index (χ0) is 18.0. The number of rotatable bonds is 4. The van der Waals surface area contributed by atoms with Crippen molar-refractivity contribution in [2.45, 2.75) is 27.3 Å². The molecule has 5 heteroatoms. The number of aryl methyl sites for hydroxylation is 3. The molecule has 5 nitrogen and oxygen atoms in total. The van der Waals surface area contributed by atoms with Crippen LogP contribution in [0, 0.1) is 20.8 Å². The summed E-state index contributed by atoms with van der Waals surface area (Å²) in [5.74, 6) is 0.805. The summed E-state index contributed by atoms with van der Waals surface area (Å²) in [5.41, 5.74) is 4.83. The predicted octanol–water partition coefficient (Wildman–Crippen LogP) is 3.93. The summed E-state index contributed by atoms with van der Waals surface area (Å²) >= 11 is 0. The van der Waals surface area contributed by atoms with Crippen molar-refractivity contribution < 1.29 is 9.21 Å². The fourth-order valence-electron chi connectivity index (χ4n) is 2.72. The van der Waals surface area contributed by atoms with E-state index < -0.39 is 0 Å². The van der Waals surface area contributed by atoms with Gasteiger partial charge in [0.25, 0.3) is 5.91 Å². The van der Waals surface area contributed by atoms with Gasteiger partial charge in [0, 0.05) is 18.2 Å². The molecule has 0 bridgehead atoms. The van der Waals surface area contributed by atoms with Crippen LogP contribution in [0.25, 0.3) is 11.5 Å². The number of hydrogen-bond acceptors (Lipinski definition) is 4. The third kappa shape index (κ3) is 3.94. The van der Waals surface area contributed by atoms with E-state index in [9.17, 15) is 4.79 Å². The first kappa shape index (κ1) is 16.9. The minimum atomic E-state index is -0.0677. The lowest BCUT2D eigenvalue weighted by molar-refractivity contribution is 0.0773. The first-order chi connectivity index (χ1) is 11.9. The van der Waals surface area contributed by atoms with Gasteiger partial charge in [-0.1, -0.05) is 34.9 Å². The van der Waals surface area contributed by atoms with Crippen LogP contribution in [-0.4, -0.2) is 28.1 Å². The van der Waals surface area contributed by atoms with Gasteiger partial charge >= 0.3 is 0 Å². The van der Waals surface area contributed by atoms with E-state index in [2.05, 4.69) is 10.2 Å². The maximum atomic E-state index is 12.6. The maximum absolute atomic E-state index is 12.6. The van der Waals surface area contributed by atoms with Gasteiger partial charge in [0.1, 0.15) is 0 Å². The van der Waals surface area contributed by atoms with Gasteiger partial charge in [-0.3, -0.25) is 4.79 Å². The Hall–Kier alpha value is -2.95. The van der Waals surface area contributed by atoms with Gasteiger partial charge in [-0.25, -0.2) is 0 Å². The highest BCUT2D eigenvalue weighted by Crippen LogP contribution is 2.19. The summed E-state index contributed by atoms with van der Waals surface area (Å²) in [6.07, 6.45) is 0. The fraction of sp³-hybridized carbons (Fsp3) is 0.250. The molecule has 1 aromatic heterocycles. The second-order valence-electron chi connectivity index (χ2n) is 6.40. The molecule has 0 radical (unpaired) electrons. The summed E-state index contributed by atoms with van der Waals surface area (Å²) in [6, 6.07) is 13.7. The van der Waals surface area contributed by atoms with E-state index >= 15 is 0 Å². The van der Waals surface area contributed by atoms with Gasteiger partial charge in [0.05, 0.1) is 6.54 Å². The molecule has 0 fully saturated rings. The monoisotopic (exact) mass is 335 g/mol. The SMILES string of the molecule is Cc1ccc(-c2nnc(CN(C)C(=O)c3cc(C)cc(C)c3)o2)cc1. The number of aromatic nitrogens is 2. The van der Waals surface area contributed by atoms with Gasteiger partial charge in [0.15, 0.2) is 0 Å². The van der Waals surface area contributed by atoms with E-state index in [1.165, 1.54) is 5.56 Å². The van der Waals surface area contributed by atoms with Crippen molar-refractivity contribution >= 4 is 5.91 Å². The Balaban J connectivity index is 1.73. The molecule has 0 atom stereocenters. The minimum Gasteiger partial charge on any atom is -0.419 e. The van der Waals surface area contributed by atoms with E-state index in [4.69, 9.17) is 4.42 Å². The summed E-state index contributed by atoms with van der Waals surface area (Å²) in [6.45, 7) is 6.26. The number of nitrogens with zero attached hydrogens (tertiary/aromatic N) is 3. The van der Waals surface area contributed by atoms with Crippen LogP contribution in [0.2, 0.25) is 0 Å². The highest BCUT2D eigenvalue weighted by atomic mass is 16.4. The van der Waals surface area contributed by atoms with Crippen molar-refractivity contribution in [2.24, 2.45) is 0 Å². The van der Waals surface area contributed by atoms with Gasteiger partial charge in [-0.15, -0.1) is 10.2 Å². The van der Waals surface area contributed by atoms with Crippen LogP contribution in [0.4, 0.5) is 0 Å². The van der Waals surface area contributed by atoms with Crippen molar-refractivity contribution in [1.82, 2.24) is 15.1 Å². The molecule has 128 valence electrons. The van der Waals surface area contributed by atoms with E-state index in [-0.39, 0.29) is 12.5 Å². The normalized spacial score (nSPS) is 10.7. The van der Waals surface area contributed by atoms with Crippen LogP contribution >= 0.6 is 0 Å². The summed E-state index contributed by atoms with van der Waals surface area (Å²) in [5, 5.41) is 8.13. The Labute approximate surface area is 147 Å². The third-order valence-corrected chi connectivity index (χ3v) is 3.95. The number of hydrogen-bond donors (Lipinski definition) is 0. The molecule has 0 aliphatic carbocycles. The molecule has 3 aromatic rings. The van der Waals surface area contributed by atoms with Crippen LogP contribution in [0.3, 0.4) is 0 Å². The van der Waals surface area contributed by atoms with Crippen LogP contribution in [0.15, 0.2) is 46.9 Å². The highest BCUT2D eigenvalue weighted by Gasteiger charge is 2.16. The van der Waals surface area contributed by atoms with E-state index in [0.717, 1.165) is 16.7 Å². The molecule has 0 saturated carbocycles. The second-order valence-corrected chi connectivity index (χ2v) is 6.40. The average molecular weight is 335 g/mol. The molecule has 1 heterocycles. The predicted molar refractivity (Wildman–Crippen MR) is 96.2 cm³/mol. The Kier molecular flexibility index (Phi) is 4.65. The van der Waals surface area contributed by atoms with Gasteiger partial charge < -0.3 is 9.32 Å². The van der Waals surface area contributed by atoms with Crippen molar-refractivity contribution in [2.75, 3.05) is 7.05 Å². The molecule has 2 aromatic carbocycles. The Morgan fingerprint density at radius 3 is 2.24 bits per heavy atom. The number of benzene rings is 2. The van der Waals surface area contributed by atoms with Gasteiger partial charge in [-0.05, 0) is 45.0 Å². The van der Waals surface area contributed by atoms with E-state index in [1.807, 2.05) is 63.2 Å².